The molecule has 0 unspecified atom stereocenters. The van der Waals surface area contributed by atoms with Gasteiger partial charge < -0.3 is 10.1 Å². The first kappa shape index (κ1) is 17.5. The van der Waals surface area contributed by atoms with Crippen molar-refractivity contribution in [1.82, 2.24) is 10.6 Å². The second kappa shape index (κ2) is 9.30. The minimum Gasteiger partial charge on any atom is -0.493 e. The van der Waals surface area contributed by atoms with Gasteiger partial charge in [-0.15, -0.1) is 0 Å². The molecule has 1 aliphatic rings. The zero-order valence-corrected chi connectivity index (χ0v) is 14.4. The Morgan fingerprint density at radius 2 is 2.13 bits per heavy atom. The van der Waals surface area contributed by atoms with E-state index in [-0.39, 0.29) is 5.91 Å². The van der Waals surface area contributed by atoms with Gasteiger partial charge in [0.05, 0.1) is 12.2 Å². The van der Waals surface area contributed by atoms with Crippen LogP contribution in [0.3, 0.4) is 0 Å². The lowest BCUT2D eigenvalue weighted by molar-refractivity contribution is 0.0973. The van der Waals surface area contributed by atoms with Crippen LogP contribution in [0.4, 0.5) is 0 Å². The van der Waals surface area contributed by atoms with Gasteiger partial charge >= 0.3 is 0 Å². The summed E-state index contributed by atoms with van der Waals surface area (Å²) >= 11 is 5.20. The Bertz CT molecular complexity index is 584. The Labute approximate surface area is 143 Å². The van der Waals surface area contributed by atoms with Crippen LogP contribution in [-0.4, -0.2) is 24.2 Å². The zero-order valence-electron chi connectivity index (χ0n) is 13.6. The van der Waals surface area contributed by atoms with Crippen molar-refractivity contribution in [1.29, 1.82) is 0 Å². The van der Waals surface area contributed by atoms with Crippen LogP contribution in [0.1, 0.15) is 49.4 Å². The molecule has 0 radical (unpaired) electrons. The Morgan fingerprint density at radius 3 is 2.87 bits per heavy atom. The maximum absolute atomic E-state index is 12.3. The first-order valence-electron chi connectivity index (χ1n) is 8.19. The van der Waals surface area contributed by atoms with E-state index in [0.29, 0.717) is 23.0 Å². The summed E-state index contributed by atoms with van der Waals surface area (Å²) < 4.78 is 5.47. The first-order chi connectivity index (χ1) is 11.2. The highest BCUT2D eigenvalue weighted by molar-refractivity contribution is 7.80. The molecular formula is C18H24N2O2S. The van der Waals surface area contributed by atoms with Crippen molar-refractivity contribution >= 4 is 23.2 Å². The Hall–Kier alpha value is -1.88. The molecule has 0 fully saturated rings. The molecule has 1 amide bonds. The molecule has 4 nitrogen and oxygen atoms in total. The number of thiocarbonyl (C=S) groups is 1. The van der Waals surface area contributed by atoms with Gasteiger partial charge in [-0.1, -0.05) is 23.8 Å². The van der Waals surface area contributed by atoms with Crippen LogP contribution in [0.2, 0.25) is 0 Å². The molecular weight excluding hydrogens is 308 g/mol. The Balaban J connectivity index is 1.80. The number of amides is 1. The second-order valence-electron chi connectivity index (χ2n) is 5.50. The highest BCUT2D eigenvalue weighted by Gasteiger charge is 2.13. The van der Waals surface area contributed by atoms with Crippen molar-refractivity contribution in [3.05, 3.63) is 41.5 Å². The molecule has 0 heterocycles. The summed E-state index contributed by atoms with van der Waals surface area (Å²) in [5.74, 6) is 0.325. The quantitative estimate of drug-likeness (QED) is 0.617. The van der Waals surface area contributed by atoms with Crippen LogP contribution in [0, 0.1) is 0 Å². The lowest BCUT2D eigenvalue weighted by Crippen LogP contribution is -2.39. The smallest absolute Gasteiger partial charge is 0.261 e. The summed E-state index contributed by atoms with van der Waals surface area (Å²) in [6, 6.07) is 7.17. The number of allylic oxidation sites excluding steroid dienone is 1. The molecule has 0 bridgehead atoms. The highest BCUT2D eigenvalue weighted by atomic mass is 32.1. The van der Waals surface area contributed by atoms with Crippen LogP contribution in [0.25, 0.3) is 0 Å². The predicted molar refractivity (Wildman–Crippen MR) is 96.8 cm³/mol. The lowest BCUT2D eigenvalue weighted by atomic mass is 9.97. The fourth-order valence-corrected chi connectivity index (χ4v) is 2.81. The molecule has 23 heavy (non-hydrogen) atoms. The number of carbonyl (C=O) groups excluding carboxylic acids is 1. The van der Waals surface area contributed by atoms with E-state index in [9.17, 15) is 4.79 Å². The number of carbonyl (C=O) groups is 1. The summed E-state index contributed by atoms with van der Waals surface area (Å²) in [7, 11) is 0. The van der Waals surface area contributed by atoms with Gasteiger partial charge in [0.25, 0.3) is 5.91 Å². The van der Waals surface area contributed by atoms with E-state index in [4.69, 9.17) is 17.0 Å². The van der Waals surface area contributed by atoms with Crippen LogP contribution >= 0.6 is 12.2 Å². The zero-order chi connectivity index (χ0) is 16.5. The number of hydrogen-bond acceptors (Lipinski definition) is 3. The van der Waals surface area contributed by atoms with E-state index in [0.717, 1.165) is 13.0 Å². The largest absolute Gasteiger partial charge is 0.493 e. The number of hydrogen-bond donors (Lipinski definition) is 2. The molecule has 1 aromatic carbocycles. The van der Waals surface area contributed by atoms with Gasteiger partial charge in [-0.25, -0.2) is 0 Å². The van der Waals surface area contributed by atoms with Gasteiger partial charge in [-0.3, -0.25) is 10.1 Å². The van der Waals surface area contributed by atoms with Crippen LogP contribution in [0.5, 0.6) is 5.75 Å². The fourth-order valence-electron chi connectivity index (χ4n) is 2.62. The predicted octanol–water partition coefficient (Wildman–Crippen LogP) is 3.58. The maximum Gasteiger partial charge on any atom is 0.261 e. The van der Waals surface area contributed by atoms with Crippen molar-refractivity contribution in [2.75, 3.05) is 13.2 Å². The molecule has 124 valence electrons. The van der Waals surface area contributed by atoms with Crippen molar-refractivity contribution in [3.63, 3.8) is 0 Å². The second-order valence-corrected chi connectivity index (χ2v) is 5.91. The third-order valence-electron chi connectivity index (χ3n) is 3.78. The summed E-state index contributed by atoms with van der Waals surface area (Å²) in [5.41, 5.74) is 1.98. The Kier molecular flexibility index (Phi) is 7.07. The lowest BCUT2D eigenvalue weighted by Gasteiger charge is -2.14. The van der Waals surface area contributed by atoms with E-state index in [1.807, 2.05) is 19.1 Å². The minimum atomic E-state index is -0.247. The van der Waals surface area contributed by atoms with Crippen LogP contribution in [0.15, 0.2) is 35.9 Å². The summed E-state index contributed by atoms with van der Waals surface area (Å²) in [6.45, 7) is 3.15. The third kappa shape index (κ3) is 5.67. The molecule has 2 rings (SSSR count). The fraction of sp³-hybridized carbons (Fsp3) is 0.444. The van der Waals surface area contributed by atoms with Gasteiger partial charge in [-0.05, 0) is 63.4 Å². The molecule has 0 saturated carbocycles. The molecule has 0 atom stereocenters. The minimum absolute atomic E-state index is 0.247. The summed E-state index contributed by atoms with van der Waals surface area (Å²) in [5, 5.41) is 6.17. The molecule has 0 saturated heterocycles. The molecule has 1 aromatic rings. The number of nitrogens with one attached hydrogen (secondary N) is 2. The molecule has 5 heteroatoms. The monoisotopic (exact) mass is 332 g/mol. The van der Waals surface area contributed by atoms with Crippen molar-refractivity contribution < 1.29 is 9.53 Å². The molecule has 0 aliphatic heterocycles. The van der Waals surface area contributed by atoms with Crippen molar-refractivity contribution in [2.24, 2.45) is 0 Å². The van der Waals surface area contributed by atoms with Crippen LogP contribution in [-0.2, 0) is 0 Å². The van der Waals surface area contributed by atoms with E-state index in [1.54, 1.807) is 12.1 Å². The number of para-hydroxylation sites is 1. The van der Waals surface area contributed by atoms with Gasteiger partial charge in [0.2, 0.25) is 0 Å². The van der Waals surface area contributed by atoms with Gasteiger partial charge in [0.15, 0.2) is 5.11 Å². The SMILES string of the molecule is CCOc1ccccc1C(=O)NC(=S)NCCC1=CCCCC1. The normalized spacial score (nSPS) is 13.9. The van der Waals surface area contributed by atoms with Crippen molar-refractivity contribution in [3.8, 4) is 5.75 Å². The topological polar surface area (TPSA) is 50.4 Å². The van der Waals surface area contributed by atoms with Crippen LogP contribution < -0.4 is 15.4 Å². The number of rotatable bonds is 6. The van der Waals surface area contributed by atoms with E-state index < -0.39 is 0 Å². The molecule has 0 aromatic heterocycles. The van der Waals surface area contributed by atoms with Gasteiger partial charge in [0, 0.05) is 6.54 Å². The summed E-state index contributed by atoms with van der Waals surface area (Å²) in [4.78, 5) is 12.3. The Morgan fingerprint density at radius 1 is 1.30 bits per heavy atom. The number of benzene rings is 1. The third-order valence-corrected chi connectivity index (χ3v) is 4.02. The highest BCUT2D eigenvalue weighted by Crippen LogP contribution is 2.19. The average Bonchev–Trinajstić information content (AvgIpc) is 2.56. The summed E-state index contributed by atoms with van der Waals surface area (Å²) in [6.07, 6.45) is 8.25. The van der Waals surface area contributed by atoms with Gasteiger partial charge in [-0.2, -0.15) is 0 Å². The average molecular weight is 332 g/mol. The van der Waals surface area contributed by atoms with E-state index in [2.05, 4.69) is 16.7 Å². The number of ether oxygens (including phenoxy) is 1. The standard InChI is InChI=1S/C18H24N2O2S/c1-2-22-16-11-7-6-10-15(16)17(21)20-18(23)19-13-12-14-8-4-3-5-9-14/h6-8,10-11H,2-5,9,12-13H2,1H3,(H2,19,20,21,23). The molecule has 0 spiro atoms. The molecule has 1 aliphatic carbocycles. The van der Waals surface area contributed by atoms with Crippen molar-refractivity contribution in [2.45, 2.75) is 39.0 Å². The van der Waals surface area contributed by atoms with E-state index in [1.165, 1.54) is 31.3 Å². The van der Waals surface area contributed by atoms with E-state index >= 15 is 0 Å². The molecule has 2 N–H and O–H groups in total. The maximum atomic E-state index is 12.3. The first-order valence-corrected chi connectivity index (χ1v) is 8.60. The van der Waals surface area contributed by atoms with Gasteiger partial charge in [0.1, 0.15) is 5.75 Å².